The van der Waals surface area contributed by atoms with E-state index in [1.165, 1.54) is 12.8 Å². The number of rotatable bonds is 10. The number of aromatic nitrogens is 5. The van der Waals surface area contributed by atoms with E-state index in [1.807, 2.05) is 29.9 Å². The third kappa shape index (κ3) is 5.70. The number of ketones is 1. The van der Waals surface area contributed by atoms with Crippen molar-refractivity contribution in [1.29, 1.82) is 0 Å². The Morgan fingerprint density at radius 3 is 2.78 bits per heavy atom. The second kappa shape index (κ2) is 11.1. The minimum Gasteiger partial charge on any atom is -0.490 e. The van der Waals surface area contributed by atoms with E-state index in [9.17, 15) is 4.79 Å². The molecule has 1 N–H and O–H groups in total. The number of aromatic amines is 1. The monoisotopic (exact) mass is 493 g/mol. The van der Waals surface area contributed by atoms with E-state index >= 15 is 0 Å². The van der Waals surface area contributed by atoms with Crippen LogP contribution in [0.2, 0.25) is 0 Å². The molecular weight excluding hydrogens is 458 g/mol. The van der Waals surface area contributed by atoms with E-state index in [-0.39, 0.29) is 30.3 Å². The molecule has 10 heteroatoms. The van der Waals surface area contributed by atoms with Crippen molar-refractivity contribution in [1.82, 2.24) is 29.9 Å². The Hall–Kier alpha value is -3.40. The summed E-state index contributed by atoms with van der Waals surface area (Å²) in [6.45, 7) is 7.65. The minimum atomic E-state index is -0.0772. The third-order valence-electron chi connectivity index (χ3n) is 6.94. The first kappa shape index (κ1) is 24.3. The van der Waals surface area contributed by atoms with Crippen LogP contribution in [0.5, 0.6) is 11.5 Å². The van der Waals surface area contributed by atoms with Crippen molar-refractivity contribution in [2.24, 2.45) is 0 Å². The fourth-order valence-corrected chi connectivity index (χ4v) is 5.10. The van der Waals surface area contributed by atoms with Gasteiger partial charge in [0.1, 0.15) is 5.82 Å². The van der Waals surface area contributed by atoms with Gasteiger partial charge in [0.15, 0.2) is 11.5 Å². The molecule has 3 heterocycles. The first-order valence-corrected chi connectivity index (χ1v) is 12.9. The maximum absolute atomic E-state index is 12.9. The van der Waals surface area contributed by atoms with Crippen LogP contribution < -0.4 is 14.4 Å². The second-order valence-corrected chi connectivity index (χ2v) is 9.55. The van der Waals surface area contributed by atoms with Gasteiger partial charge in [-0.15, -0.1) is 0 Å². The first-order chi connectivity index (χ1) is 17.6. The van der Waals surface area contributed by atoms with Gasteiger partial charge in [-0.05, 0) is 57.7 Å². The molecule has 0 amide bonds. The zero-order valence-corrected chi connectivity index (χ0v) is 21.1. The SMILES string of the molecule is CCOc1ccc(N2CCN(CC(=O)c3n[nH]c(C)n3)[C@@H](Cn3cccn3)C2)cc1OC1CCCC1. The number of ether oxygens (including phenoxy) is 2. The number of H-pyrrole nitrogens is 1. The van der Waals surface area contributed by atoms with E-state index in [1.54, 1.807) is 13.1 Å². The standard InChI is InChI=1S/C26H35N7O3/c1-3-35-24-10-9-20(15-25(24)36-22-7-4-5-8-22)31-13-14-32(18-23(34)26-28-19(2)29-30-26)21(16-31)17-33-12-6-11-27-33/h6,9-12,15,21-22H,3-5,7-8,13-14,16-18H2,1-2H3,(H,28,29,30)/t21-/m1/s1. The Morgan fingerprint density at radius 1 is 1.19 bits per heavy atom. The molecule has 3 aromatic rings. The normalized spacial score (nSPS) is 19.1. The molecule has 1 saturated heterocycles. The van der Waals surface area contributed by atoms with Crippen molar-refractivity contribution in [3.05, 3.63) is 48.3 Å². The molecule has 1 aliphatic heterocycles. The van der Waals surface area contributed by atoms with Gasteiger partial charge in [0, 0.05) is 49.8 Å². The summed E-state index contributed by atoms with van der Waals surface area (Å²) in [5, 5.41) is 11.2. The summed E-state index contributed by atoms with van der Waals surface area (Å²) >= 11 is 0. The van der Waals surface area contributed by atoms with Crippen LogP contribution in [-0.4, -0.2) is 80.6 Å². The molecule has 36 heavy (non-hydrogen) atoms. The number of piperazine rings is 1. The number of hydrogen-bond donors (Lipinski definition) is 1. The average molecular weight is 494 g/mol. The van der Waals surface area contributed by atoms with Gasteiger partial charge >= 0.3 is 0 Å². The van der Waals surface area contributed by atoms with Crippen molar-refractivity contribution in [2.75, 3.05) is 37.7 Å². The highest BCUT2D eigenvalue weighted by Gasteiger charge is 2.31. The Balaban J connectivity index is 1.33. The molecule has 0 bridgehead atoms. The van der Waals surface area contributed by atoms with Crippen LogP contribution in [0.3, 0.4) is 0 Å². The van der Waals surface area contributed by atoms with Gasteiger partial charge in [0.05, 0.1) is 25.8 Å². The largest absolute Gasteiger partial charge is 0.490 e. The van der Waals surface area contributed by atoms with Gasteiger partial charge in [0.2, 0.25) is 11.6 Å². The lowest BCUT2D eigenvalue weighted by atomic mass is 10.1. The molecule has 2 fully saturated rings. The van der Waals surface area contributed by atoms with Gasteiger partial charge in [-0.3, -0.25) is 19.5 Å². The Labute approximate surface area is 211 Å². The molecule has 2 aromatic heterocycles. The number of benzene rings is 1. The van der Waals surface area contributed by atoms with Crippen molar-refractivity contribution in [3.8, 4) is 11.5 Å². The minimum absolute atomic E-state index is 0.0772. The third-order valence-corrected chi connectivity index (χ3v) is 6.94. The zero-order valence-electron chi connectivity index (χ0n) is 21.1. The van der Waals surface area contributed by atoms with Crippen molar-refractivity contribution in [2.45, 2.75) is 58.2 Å². The molecule has 0 spiro atoms. The molecule has 192 valence electrons. The Bertz CT molecular complexity index is 1140. The number of anilines is 1. The molecule has 1 saturated carbocycles. The Kier molecular flexibility index (Phi) is 7.50. The molecule has 1 aromatic carbocycles. The van der Waals surface area contributed by atoms with E-state index in [0.717, 1.165) is 49.7 Å². The van der Waals surface area contributed by atoms with E-state index in [2.05, 4.69) is 42.2 Å². The van der Waals surface area contributed by atoms with Gasteiger partial charge in [-0.1, -0.05) is 0 Å². The zero-order chi connectivity index (χ0) is 24.9. The number of aryl methyl sites for hydroxylation is 1. The Morgan fingerprint density at radius 2 is 2.06 bits per heavy atom. The van der Waals surface area contributed by atoms with Gasteiger partial charge in [-0.25, -0.2) is 4.98 Å². The predicted octanol–water partition coefficient (Wildman–Crippen LogP) is 3.10. The summed E-state index contributed by atoms with van der Waals surface area (Å²) in [6, 6.07) is 8.26. The quantitative estimate of drug-likeness (QED) is 0.430. The number of Topliss-reactive ketones (excluding diaryl/α,β-unsaturated/α-hetero) is 1. The van der Waals surface area contributed by atoms with Crippen molar-refractivity contribution < 1.29 is 14.3 Å². The fourth-order valence-electron chi connectivity index (χ4n) is 5.10. The predicted molar refractivity (Wildman–Crippen MR) is 136 cm³/mol. The molecule has 0 radical (unpaired) electrons. The van der Waals surface area contributed by atoms with Crippen molar-refractivity contribution in [3.63, 3.8) is 0 Å². The van der Waals surface area contributed by atoms with Crippen LogP contribution >= 0.6 is 0 Å². The summed E-state index contributed by atoms with van der Waals surface area (Å²) in [5.74, 6) is 2.43. The summed E-state index contributed by atoms with van der Waals surface area (Å²) in [5.41, 5.74) is 1.10. The molecule has 10 nitrogen and oxygen atoms in total. The lowest BCUT2D eigenvalue weighted by Gasteiger charge is -2.42. The lowest BCUT2D eigenvalue weighted by Crippen LogP contribution is -2.56. The fraction of sp³-hybridized carbons (Fsp3) is 0.538. The van der Waals surface area contributed by atoms with Gasteiger partial charge < -0.3 is 14.4 Å². The maximum Gasteiger partial charge on any atom is 0.218 e. The molecule has 0 unspecified atom stereocenters. The molecular formula is C26H35N7O3. The number of nitrogens with one attached hydrogen (secondary N) is 1. The first-order valence-electron chi connectivity index (χ1n) is 12.9. The van der Waals surface area contributed by atoms with E-state index in [4.69, 9.17) is 9.47 Å². The van der Waals surface area contributed by atoms with Gasteiger partial charge in [0.25, 0.3) is 0 Å². The van der Waals surface area contributed by atoms with Crippen molar-refractivity contribution >= 4 is 11.5 Å². The highest BCUT2D eigenvalue weighted by Crippen LogP contribution is 2.36. The van der Waals surface area contributed by atoms with Crippen LogP contribution in [-0.2, 0) is 6.54 Å². The van der Waals surface area contributed by atoms with Crippen LogP contribution in [0.15, 0.2) is 36.7 Å². The smallest absolute Gasteiger partial charge is 0.218 e. The van der Waals surface area contributed by atoms with Crippen LogP contribution in [0.4, 0.5) is 5.69 Å². The van der Waals surface area contributed by atoms with E-state index < -0.39 is 0 Å². The number of carbonyl (C=O) groups excluding carboxylic acids is 1. The molecule has 2 aliphatic rings. The lowest BCUT2D eigenvalue weighted by molar-refractivity contribution is 0.0847. The van der Waals surface area contributed by atoms with Gasteiger partial charge in [-0.2, -0.15) is 10.2 Å². The number of hydrogen-bond acceptors (Lipinski definition) is 8. The summed E-state index contributed by atoms with van der Waals surface area (Å²) in [7, 11) is 0. The average Bonchev–Trinajstić information content (AvgIpc) is 3.65. The number of carbonyl (C=O) groups is 1. The molecule has 1 aliphatic carbocycles. The van der Waals surface area contributed by atoms with E-state index in [0.29, 0.717) is 19.0 Å². The highest BCUT2D eigenvalue weighted by molar-refractivity contribution is 5.94. The molecule has 1 atom stereocenters. The second-order valence-electron chi connectivity index (χ2n) is 9.55. The van der Waals surface area contributed by atoms with Crippen LogP contribution in [0, 0.1) is 6.92 Å². The highest BCUT2D eigenvalue weighted by atomic mass is 16.5. The molecule has 5 rings (SSSR count). The summed E-state index contributed by atoms with van der Waals surface area (Å²) < 4.78 is 14.2. The van der Waals surface area contributed by atoms with Crippen LogP contribution in [0.1, 0.15) is 49.1 Å². The maximum atomic E-state index is 12.9. The van der Waals surface area contributed by atoms with Crippen LogP contribution in [0.25, 0.3) is 0 Å². The topological polar surface area (TPSA) is 101 Å². The summed E-state index contributed by atoms with van der Waals surface area (Å²) in [4.78, 5) is 21.7. The summed E-state index contributed by atoms with van der Waals surface area (Å²) in [6.07, 6.45) is 8.63. The number of nitrogens with zero attached hydrogens (tertiary/aromatic N) is 6.